The number of rotatable bonds is 3. The second-order valence-electron chi connectivity index (χ2n) is 2.96. The van der Waals surface area contributed by atoms with E-state index in [1.54, 1.807) is 6.92 Å². The number of aliphatic hydroxyl groups is 1. The molecule has 0 spiro atoms. The summed E-state index contributed by atoms with van der Waals surface area (Å²) >= 11 is 0. The normalized spacial score (nSPS) is 12.5. The van der Waals surface area contributed by atoms with Gasteiger partial charge in [-0.15, -0.1) is 0 Å². The minimum atomic E-state index is -0.346. The highest BCUT2D eigenvalue weighted by Crippen LogP contribution is 2.19. The molecule has 0 aliphatic heterocycles. The van der Waals surface area contributed by atoms with Crippen LogP contribution in [-0.2, 0) is 0 Å². The van der Waals surface area contributed by atoms with Crippen LogP contribution in [0.15, 0.2) is 18.2 Å². The fourth-order valence-electron chi connectivity index (χ4n) is 0.965. The molecule has 0 saturated heterocycles. The van der Waals surface area contributed by atoms with Crippen molar-refractivity contribution in [3.63, 3.8) is 0 Å². The highest BCUT2D eigenvalue weighted by Gasteiger charge is 2.04. The largest absolute Gasteiger partial charge is 0.397 e. The van der Waals surface area contributed by atoms with Gasteiger partial charge in [0.25, 0.3) is 0 Å². The monoisotopic (exact) mass is 184 g/mol. The predicted molar refractivity (Wildman–Crippen MR) is 51.0 cm³/mol. The minimum Gasteiger partial charge on any atom is -0.397 e. The number of nitrogen functional groups attached to an aromatic ring is 1. The van der Waals surface area contributed by atoms with E-state index in [2.05, 4.69) is 5.32 Å². The molecule has 1 rings (SSSR count). The molecule has 0 saturated carbocycles. The second kappa shape index (κ2) is 4.09. The smallest absolute Gasteiger partial charge is 0.125 e. The molecular formula is C9H13FN2O. The molecule has 3 nitrogen and oxygen atoms in total. The standard InChI is InChI=1S/C9H13FN2O/c1-6(5-13)12-9-4-7(10)2-3-8(9)11/h2-4,6,12-13H,5,11H2,1H3. The van der Waals surface area contributed by atoms with E-state index in [1.165, 1.54) is 18.2 Å². The fourth-order valence-corrected chi connectivity index (χ4v) is 0.965. The van der Waals surface area contributed by atoms with Crippen LogP contribution in [-0.4, -0.2) is 17.8 Å². The first-order valence-corrected chi connectivity index (χ1v) is 4.06. The zero-order valence-corrected chi connectivity index (χ0v) is 7.42. The molecule has 13 heavy (non-hydrogen) atoms. The van der Waals surface area contributed by atoms with Crippen LogP contribution in [0.5, 0.6) is 0 Å². The van der Waals surface area contributed by atoms with E-state index in [0.717, 1.165) is 0 Å². The van der Waals surface area contributed by atoms with Crippen molar-refractivity contribution in [1.82, 2.24) is 0 Å². The summed E-state index contributed by atoms with van der Waals surface area (Å²) in [5.74, 6) is -0.346. The Morgan fingerprint density at radius 3 is 2.92 bits per heavy atom. The molecule has 4 heteroatoms. The van der Waals surface area contributed by atoms with Gasteiger partial charge < -0.3 is 16.2 Å². The van der Waals surface area contributed by atoms with Gasteiger partial charge in [-0.1, -0.05) is 0 Å². The van der Waals surface area contributed by atoms with Gasteiger partial charge in [-0.05, 0) is 25.1 Å². The van der Waals surface area contributed by atoms with E-state index in [0.29, 0.717) is 11.4 Å². The topological polar surface area (TPSA) is 58.3 Å². The minimum absolute atomic E-state index is 0.0179. The Balaban J connectivity index is 2.81. The van der Waals surface area contributed by atoms with Crippen LogP contribution in [0, 0.1) is 5.82 Å². The third kappa shape index (κ3) is 2.59. The van der Waals surface area contributed by atoms with Gasteiger partial charge in [0, 0.05) is 6.04 Å². The fraction of sp³-hybridized carbons (Fsp3) is 0.333. The third-order valence-electron chi connectivity index (χ3n) is 1.69. The van der Waals surface area contributed by atoms with Gasteiger partial charge in [0.05, 0.1) is 18.0 Å². The van der Waals surface area contributed by atoms with Crippen molar-refractivity contribution >= 4 is 11.4 Å². The Hall–Kier alpha value is -1.29. The third-order valence-corrected chi connectivity index (χ3v) is 1.69. The number of halogens is 1. The Morgan fingerprint density at radius 2 is 2.31 bits per heavy atom. The summed E-state index contributed by atoms with van der Waals surface area (Å²) in [6.45, 7) is 1.76. The van der Waals surface area contributed by atoms with Gasteiger partial charge in [0.15, 0.2) is 0 Å². The number of benzene rings is 1. The highest BCUT2D eigenvalue weighted by atomic mass is 19.1. The summed E-state index contributed by atoms with van der Waals surface area (Å²) in [5.41, 5.74) is 6.57. The Kier molecular flexibility index (Phi) is 3.08. The summed E-state index contributed by atoms with van der Waals surface area (Å²) < 4.78 is 12.7. The molecule has 1 unspecified atom stereocenters. The predicted octanol–water partition coefficient (Wildman–Crippen LogP) is 1.20. The van der Waals surface area contributed by atoms with Crippen LogP contribution in [0.25, 0.3) is 0 Å². The maximum absolute atomic E-state index is 12.7. The number of hydrogen-bond acceptors (Lipinski definition) is 3. The van der Waals surface area contributed by atoms with E-state index in [9.17, 15) is 4.39 Å². The molecule has 0 amide bonds. The van der Waals surface area contributed by atoms with Crippen molar-refractivity contribution in [1.29, 1.82) is 0 Å². The molecule has 1 aromatic rings. The van der Waals surface area contributed by atoms with Gasteiger partial charge in [-0.25, -0.2) is 4.39 Å². The molecule has 0 aliphatic rings. The van der Waals surface area contributed by atoms with E-state index in [4.69, 9.17) is 10.8 Å². The summed E-state index contributed by atoms with van der Waals surface area (Å²) in [6, 6.07) is 3.96. The number of anilines is 2. The zero-order valence-electron chi connectivity index (χ0n) is 7.42. The summed E-state index contributed by atoms with van der Waals surface area (Å²) in [6.07, 6.45) is 0. The van der Waals surface area contributed by atoms with Crippen LogP contribution < -0.4 is 11.1 Å². The maximum atomic E-state index is 12.7. The lowest BCUT2D eigenvalue weighted by molar-refractivity contribution is 0.281. The molecule has 0 fully saturated rings. The molecule has 0 aliphatic carbocycles. The Bertz CT molecular complexity index is 291. The van der Waals surface area contributed by atoms with Gasteiger partial charge in [-0.2, -0.15) is 0 Å². The molecule has 1 aromatic carbocycles. The van der Waals surface area contributed by atoms with Gasteiger partial charge in [0.2, 0.25) is 0 Å². The number of hydrogen-bond donors (Lipinski definition) is 3. The zero-order chi connectivity index (χ0) is 9.84. The second-order valence-corrected chi connectivity index (χ2v) is 2.96. The molecule has 4 N–H and O–H groups in total. The van der Waals surface area contributed by atoms with E-state index in [-0.39, 0.29) is 18.5 Å². The van der Waals surface area contributed by atoms with Crippen molar-refractivity contribution in [2.24, 2.45) is 0 Å². The average Bonchev–Trinajstić information content (AvgIpc) is 2.11. The van der Waals surface area contributed by atoms with Gasteiger partial charge in [0.1, 0.15) is 5.82 Å². The number of nitrogens with two attached hydrogens (primary N) is 1. The summed E-state index contributed by atoms with van der Waals surface area (Å²) in [5, 5.41) is 11.6. The van der Waals surface area contributed by atoms with Crippen LogP contribution >= 0.6 is 0 Å². The lowest BCUT2D eigenvalue weighted by Gasteiger charge is -2.14. The van der Waals surface area contributed by atoms with Crippen molar-refractivity contribution < 1.29 is 9.50 Å². The first kappa shape index (κ1) is 9.80. The average molecular weight is 184 g/mol. The Morgan fingerprint density at radius 1 is 1.62 bits per heavy atom. The van der Waals surface area contributed by atoms with Crippen molar-refractivity contribution in [2.45, 2.75) is 13.0 Å². The van der Waals surface area contributed by atoms with Crippen molar-refractivity contribution in [2.75, 3.05) is 17.7 Å². The SMILES string of the molecule is CC(CO)Nc1cc(F)ccc1N. The molecule has 0 bridgehead atoms. The van der Waals surface area contributed by atoms with Crippen LogP contribution in [0.2, 0.25) is 0 Å². The van der Waals surface area contributed by atoms with E-state index < -0.39 is 0 Å². The first-order valence-electron chi connectivity index (χ1n) is 4.06. The Labute approximate surface area is 76.4 Å². The van der Waals surface area contributed by atoms with Crippen molar-refractivity contribution in [3.05, 3.63) is 24.0 Å². The lowest BCUT2D eigenvalue weighted by atomic mass is 10.2. The molecule has 72 valence electrons. The van der Waals surface area contributed by atoms with Crippen LogP contribution in [0.4, 0.5) is 15.8 Å². The van der Waals surface area contributed by atoms with Gasteiger partial charge in [-0.3, -0.25) is 0 Å². The molecule has 0 aromatic heterocycles. The molecule has 0 radical (unpaired) electrons. The van der Waals surface area contributed by atoms with E-state index >= 15 is 0 Å². The van der Waals surface area contributed by atoms with Gasteiger partial charge >= 0.3 is 0 Å². The summed E-state index contributed by atoms with van der Waals surface area (Å²) in [7, 11) is 0. The number of aliphatic hydroxyl groups excluding tert-OH is 1. The highest BCUT2D eigenvalue weighted by molar-refractivity contribution is 5.66. The number of nitrogens with one attached hydrogen (secondary N) is 1. The lowest BCUT2D eigenvalue weighted by Crippen LogP contribution is -2.20. The molecule has 1 atom stereocenters. The maximum Gasteiger partial charge on any atom is 0.125 e. The van der Waals surface area contributed by atoms with Crippen LogP contribution in [0.3, 0.4) is 0 Å². The summed E-state index contributed by atoms with van der Waals surface area (Å²) in [4.78, 5) is 0. The first-order chi connectivity index (χ1) is 6.13. The quantitative estimate of drug-likeness (QED) is 0.619. The van der Waals surface area contributed by atoms with Crippen LogP contribution in [0.1, 0.15) is 6.92 Å². The van der Waals surface area contributed by atoms with E-state index in [1.807, 2.05) is 0 Å². The molecule has 0 heterocycles. The molecular weight excluding hydrogens is 171 g/mol. The van der Waals surface area contributed by atoms with Crippen molar-refractivity contribution in [3.8, 4) is 0 Å².